The number of nitrogens with one attached hydrogen (secondary N) is 3. The number of H-pyrrole nitrogens is 1. The van der Waals surface area contributed by atoms with Gasteiger partial charge in [0.1, 0.15) is 42.2 Å². The van der Waals surface area contributed by atoms with Gasteiger partial charge in [-0.05, 0) is 76.5 Å². The van der Waals surface area contributed by atoms with Gasteiger partial charge in [0.2, 0.25) is 0 Å². The van der Waals surface area contributed by atoms with E-state index in [1.54, 1.807) is 25.5 Å². The Hall–Kier alpha value is -4.12. The highest BCUT2D eigenvalue weighted by molar-refractivity contribution is 9.10. The van der Waals surface area contributed by atoms with E-state index in [4.69, 9.17) is 45.4 Å². The van der Waals surface area contributed by atoms with Crippen molar-refractivity contribution in [1.82, 2.24) is 19.9 Å². The van der Waals surface area contributed by atoms with Crippen molar-refractivity contribution in [2.45, 2.75) is 18.8 Å². The first-order valence-electron chi connectivity index (χ1n) is 16.4. The molecule has 280 valence electrons. The number of nitrogens with zero attached hydrogens (tertiary/aromatic N) is 2. The van der Waals surface area contributed by atoms with Gasteiger partial charge in [0.15, 0.2) is 11.3 Å². The van der Waals surface area contributed by atoms with E-state index >= 15 is 0 Å². The molecule has 0 saturated heterocycles. The molecule has 0 fully saturated rings. The molecule has 0 unspecified atom stereocenters. The lowest BCUT2D eigenvalue weighted by Gasteiger charge is -2.14. The predicted molar refractivity (Wildman–Crippen MR) is 200 cm³/mol. The maximum atomic E-state index is 12.1. The fourth-order valence-corrected chi connectivity index (χ4v) is 5.02. The molecule has 1 aromatic carbocycles. The molecular formula is C35H42BrN5O10S. The van der Waals surface area contributed by atoms with Gasteiger partial charge in [0.05, 0.1) is 60.0 Å². The molecule has 0 radical (unpaired) electrons. The van der Waals surface area contributed by atoms with Gasteiger partial charge in [-0.25, -0.2) is 9.78 Å². The van der Waals surface area contributed by atoms with Crippen molar-refractivity contribution in [2.75, 3.05) is 85.0 Å². The number of benzene rings is 1. The van der Waals surface area contributed by atoms with Crippen LogP contribution in [0.1, 0.15) is 17.4 Å². The number of hydrogen-bond acceptors (Lipinski definition) is 12. The summed E-state index contributed by atoms with van der Waals surface area (Å²) in [6, 6.07) is 9.39. The number of thiocarbonyl (C=S) groups is 1. The topological polar surface area (TPSA) is 177 Å². The van der Waals surface area contributed by atoms with Crippen LogP contribution in [0.3, 0.4) is 0 Å². The molecule has 0 amide bonds. The van der Waals surface area contributed by atoms with Gasteiger partial charge in [-0.2, -0.15) is 0 Å². The second kappa shape index (κ2) is 22.7. The van der Waals surface area contributed by atoms with E-state index in [0.717, 1.165) is 21.5 Å². The Labute approximate surface area is 314 Å². The number of anilines is 1. The quantitative estimate of drug-likeness (QED) is 0.0534. The number of halogens is 1. The van der Waals surface area contributed by atoms with Crippen LogP contribution >= 0.6 is 28.1 Å². The number of aromatic amines is 1. The van der Waals surface area contributed by atoms with Crippen LogP contribution < -0.4 is 31.4 Å². The molecule has 4 rings (SSSR count). The number of ether oxygens (including phenoxy) is 7. The molecule has 0 bridgehead atoms. The van der Waals surface area contributed by atoms with E-state index in [0.29, 0.717) is 76.8 Å². The largest absolute Gasteiger partial charge is 0.497 e. The SMILES string of the molecule is COc1ccc(OCCOCCOCCOCCOCC#Cc2cn([C@H]3C=C[C@@H](CO)O3)c(=O)[nH]c2=O)c(CCNC(=S)Nc2ccc(Br)cn2)c1. The Morgan fingerprint density at radius 3 is 2.44 bits per heavy atom. The lowest BCUT2D eigenvalue weighted by atomic mass is 10.1. The minimum Gasteiger partial charge on any atom is -0.497 e. The second-order valence-corrected chi connectivity index (χ2v) is 12.2. The molecule has 52 heavy (non-hydrogen) atoms. The fourth-order valence-electron chi connectivity index (χ4n) is 4.58. The molecule has 2 atom stereocenters. The number of aliphatic hydroxyl groups excluding tert-OH is 1. The van der Waals surface area contributed by atoms with Crippen LogP contribution in [-0.4, -0.2) is 111 Å². The zero-order valence-electron chi connectivity index (χ0n) is 28.6. The lowest BCUT2D eigenvalue weighted by Crippen LogP contribution is -2.33. The average Bonchev–Trinajstić information content (AvgIpc) is 3.62. The van der Waals surface area contributed by atoms with Crippen LogP contribution in [0.25, 0.3) is 0 Å². The molecule has 4 N–H and O–H groups in total. The van der Waals surface area contributed by atoms with Crippen molar-refractivity contribution in [3.05, 3.63) is 91.3 Å². The molecule has 1 aliphatic rings. The Balaban J connectivity index is 1.01. The minimum atomic E-state index is -0.734. The number of aromatic nitrogens is 3. The number of rotatable bonds is 21. The van der Waals surface area contributed by atoms with Crippen molar-refractivity contribution >= 4 is 39.1 Å². The van der Waals surface area contributed by atoms with E-state index in [-0.39, 0.29) is 18.8 Å². The van der Waals surface area contributed by atoms with E-state index < -0.39 is 23.6 Å². The monoisotopic (exact) mass is 803 g/mol. The summed E-state index contributed by atoms with van der Waals surface area (Å²) in [6.45, 7) is 3.48. The number of methoxy groups -OCH3 is 1. The first kappa shape index (κ1) is 40.6. The second-order valence-electron chi connectivity index (χ2n) is 10.8. The summed E-state index contributed by atoms with van der Waals surface area (Å²) in [7, 11) is 1.62. The predicted octanol–water partition coefficient (Wildman–Crippen LogP) is 2.17. The van der Waals surface area contributed by atoms with Crippen molar-refractivity contribution in [3.8, 4) is 23.3 Å². The zero-order chi connectivity index (χ0) is 37.0. The standard InChI is InChI=1S/C35H42BrN5O10S/c1-45-28-5-7-30(25(21-28)10-11-37-34(52)39-31-8-4-27(36)22-38-31)50-20-19-49-18-17-48-16-15-47-14-13-46-12-2-3-26-23-41(35(44)40-33(26)43)32-9-6-29(24-42)51-32/h4-9,21-23,29,32,42H,10-20,24H2,1H3,(H,40,43,44)(H2,37,38,39,52)/t29-,32+/m0/s1. The van der Waals surface area contributed by atoms with Crippen molar-refractivity contribution in [3.63, 3.8) is 0 Å². The molecule has 2 aromatic heterocycles. The van der Waals surface area contributed by atoms with Crippen LogP contribution in [0, 0.1) is 11.8 Å². The zero-order valence-corrected chi connectivity index (χ0v) is 31.0. The highest BCUT2D eigenvalue weighted by atomic mass is 79.9. The average molecular weight is 805 g/mol. The number of aliphatic hydroxyl groups is 1. The molecule has 0 saturated carbocycles. The van der Waals surface area contributed by atoms with Crippen LogP contribution in [0.4, 0.5) is 5.82 Å². The summed E-state index contributed by atoms with van der Waals surface area (Å²) in [5.41, 5.74) is -0.174. The van der Waals surface area contributed by atoms with Gasteiger partial charge >= 0.3 is 5.69 Å². The van der Waals surface area contributed by atoms with Gasteiger partial charge < -0.3 is 48.9 Å². The summed E-state index contributed by atoms with van der Waals surface area (Å²) in [5.74, 6) is 7.59. The van der Waals surface area contributed by atoms with Gasteiger partial charge in [0, 0.05) is 23.4 Å². The van der Waals surface area contributed by atoms with Crippen LogP contribution in [0.5, 0.6) is 11.5 Å². The van der Waals surface area contributed by atoms with Crippen molar-refractivity contribution < 1.29 is 38.3 Å². The van der Waals surface area contributed by atoms with E-state index in [2.05, 4.69) is 48.4 Å². The van der Waals surface area contributed by atoms with Crippen molar-refractivity contribution in [1.29, 1.82) is 0 Å². The van der Waals surface area contributed by atoms with E-state index in [1.165, 1.54) is 10.8 Å². The molecule has 3 aromatic rings. The first-order chi connectivity index (χ1) is 25.4. The van der Waals surface area contributed by atoms with E-state index in [1.807, 2.05) is 30.3 Å². The smallest absolute Gasteiger partial charge is 0.330 e. The molecule has 3 heterocycles. The van der Waals surface area contributed by atoms with Gasteiger partial charge in [0.25, 0.3) is 5.56 Å². The Morgan fingerprint density at radius 1 is 1.04 bits per heavy atom. The maximum Gasteiger partial charge on any atom is 0.330 e. The van der Waals surface area contributed by atoms with Crippen molar-refractivity contribution in [2.24, 2.45) is 0 Å². The third kappa shape index (κ3) is 14.1. The first-order valence-corrected chi connectivity index (χ1v) is 17.6. The van der Waals surface area contributed by atoms with Crippen LogP contribution in [-0.2, 0) is 30.1 Å². The number of hydrogen-bond donors (Lipinski definition) is 4. The third-order valence-corrected chi connectivity index (χ3v) is 7.86. The van der Waals surface area contributed by atoms with Gasteiger partial charge in [-0.15, -0.1) is 0 Å². The summed E-state index contributed by atoms with van der Waals surface area (Å²) < 4.78 is 41.1. The number of pyridine rings is 1. The summed E-state index contributed by atoms with van der Waals surface area (Å²) >= 11 is 8.75. The van der Waals surface area contributed by atoms with Gasteiger partial charge in [-0.3, -0.25) is 14.3 Å². The lowest BCUT2D eigenvalue weighted by molar-refractivity contribution is -0.0103. The van der Waals surface area contributed by atoms with Crippen LogP contribution in [0.15, 0.2) is 68.9 Å². The molecule has 0 aliphatic carbocycles. The minimum absolute atomic E-state index is 0.0706. The van der Waals surface area contributed by atoms with Crippen LogP contribution in [0.2, 0.25) is 0 Å². The normalized spacial score (nSPS) is 14.8. The molecule has 0 spiro atoms. The summed E-state index contributed by atoms with van der Waals surface area (Å²) in [4.78, 5) is 30.7. The molecule has 1 aliphatic heterocycles. The molecular weight excluding hydrogens is 762 g/mol. The Bertz CT molecular complexity index is 1780. The maximum absolute atomic E-state index is 12.1. The van der Waals surface area contributed by atoms with E-state index in [9.17, 15) is 14.7 Å². The highest BCUT2D eigenvalue weighted by Gasteiger charge is 2.21. The fraction of sp³-hybridized carbons (Fsp3) is 0.429. The summed E-state index contributed by atoms with van der Waals surface area (Å²) in [6.07, 6.45) is 5.70. The Morgan fingerprint density at radius 2 is 1.77 bits per heavy atom. The third-order valence-electron chi connectivity index (χ3n) is 7.14. The molecule has 15 nitrogen and oxygen atoms in total. The van der Waals surface area contributed by atoms with Gasteiger partial charge in [-0.1, -0.05) is 17.9 Å². The summed E-state index contributed by atoms with van der Waals surface area (Å²) in [5, 5.41) is 15.9. The Kier molecular flexibility index (Phi) is 17.8. The molecule has 17 heteroatoms. The highest BCUT2D eigenvalue weighted by Crippen LogP contribution is 2.25.